The van der Waals surface area contributed by atoms with E-state index in [1.807, 2.05) is 0 Å². The number of alkyl halides is 3. The highest BCUT2D eigenvalue weighted by molar-refractivity contribution is 7.92. The quantitative estimate of drug-likeness (QED) is 0.674. The fourth-order valence-corrected chi connectivity index (χ4v) is 4.50. The minimum absolute atomic E-state index is 0.0938. The molecule has 2 aromatic rings. The number of carbonyl (C=O) groups is 1. The summed E-state index contributed by atoms with van der Waals surface area (Å²) in [5, 5.41) is 0. The number of aryl methyl sites for hydroxylation is 1. The first-order chi connectivity index (χ1) is 14.9. The summed E-state index contributed by atoms with van der Waals surface area (Å²) in [5.41, 5.74) is 0.623. The highest BCUT2D eigenvalue weighted by Crippen LogP contribution is 2.21. The molecule has 0 radical (unpaired) electrons. The molecule has 6 nitrogen and oxygen atoms in total. The number of nitrogens with one attached hydrogen (secondary N) is 1. The number of amides is 1. The Labute approximate surface area is 183 Å². The average molecular weight is 473 g/mol. The summed E-state index contributed by atoms with van der Waals surface area (Å²) in [6.07, 6.45) is -3.90. The number of carbonyl (C=O) groups excluding carboxylic acids is 1. The third kappa shape index (κ3) is 6.19. The number of hydrogen-bond acceptors (Lipinski definition) is 4. The summed E-state index contributed by atoms with van der Waals surface area (Å²) >= 11 is 0. The molecule has 32 heavy (non-hydrogen) atoms. The predicted octanol–water partition coefficient (Wildman–Crippen LogP) is 3.65. The van der Waals surface area contributed by atoms with E-state index in [1.165, 1.54) is 53.1 Å². The topological polar surface area (TPSA) is 69.7 Å². The van der Waals surface area contributed by atoms with Crippen LogP contribution >= 0.6 is 0 Å². The van der Waals surface area contributed by atoms with Crippen LogP contribution in [0.25, 0.3) is 0 Å². The van der Waals surface area contributed by atoms with Gasteiger partial charge < -0.3 is 4.90 Å². The lowest BCUT2D eigenvalue weighted by Gasteiger charge is -2.23. The maximum Gasteiger partial charge on any atom is 0.401 e. The molecular weight excluding hydrogens is 450 g/mol. The van der Waals surface area contributed by atoms with Gasteiger partial charge in [-0.2, -0.15) is 13.2 Å². The molecule has 3 rings (SSSR count). The number of halogens is 4. The Hall–Kier alpha value is -2.66. The zero-order valence-electron chi connectivity index (χ0n) is 17.3. The normalized spacial score (nSPS) is 16.0. The van der Waals surface area contributed by atoms with E-state index in [4.69, 9.17) is 0 Å². The van der Waals surface area contributed by atoms with Crippen molar-refractivity contribution in [2.24, 2.45) is 0 Å². The van der Waals surface area contributed by atoms with Crippen LogP contribution in [0.3, 0.4) is 0 Å². The van der Waals surface area contributed by atoms with Crippen molar-refractivity contribution < 1.29 is 30.8 Å². The first-order valence-corrected chi connectivity index (χ1v) is 11.4. The second kappa shape index (κ2) is 9.45. The molecule has 1 heterocycles. The Morgan fingerprint density at radius 2 is 1.81 bits per heavy atom. The van der Waals surface area contributed by atoms with Crippen molar-refractivity contribution in [3.8, 4) is 0 Å². The SMILES string of the molecule is Cc1ccc(S(=O)(=O)Nc2cccc(C(=O)N3CCCN(CC(F)(F)F)CC3)c2)cc1F. The van der Waals surface area contributed by atoms with Gasteiger partial charge in [-0.15, -0.1) is 0 Å². The van der Waals surface area contributed by atoms with Gasteiger partial charge in [-0.3, -0.25) is 14.4 Å². The maximum atomic E-state index is 13.8. The first kappa shape index (κ1) is 24.0. The standard InChI is InChI=1S/C21H23F4N3O3S/c1-15-6-7-18(13-19(15)22)32(30,31)26-17-5-2-4-16(12-17)20(29)28-9-3-8-27(10-11-28)14-21(23,24)25/h2,4-7,12-13,26H,3,8-11,14H2,1H3. The van der Waals surface area contributed by atoms with Crippen LogP contribution in [0.5, 0.6) is 0 Å². The van der Waals surface area contributed by atoms with Crippen LogP contribution in [0.2, 0.25) is 0 Å². The summed E-state index contributed by atoms with van der Waals surface area (Å²) in [7, 11) is -4.08. The Morgan fingerprint density at radius 1 is 1.06 bits per heavy atom. The molecule has 1 aliphatic rings. The van der Waals surface area contributed by atoms with E-state index in [-0.39, 0.29) is 35.8 Å². The van der Waals surface area contributed by atoms with Gasteiger partial charge in [0.15, 0.2) is 0 Å². The summed E-state index contributed by atoms with van der Waals surface area (Å²) in [4.78, 5) is 15.3. The highest BCUT2D eigenvalue weighted by Gasteiger charge is 2.32. The Bertz CT molecular complexity index is 1090. The largest absolute Gasteiger partial charge is 0.401 e. The van der Waals surface area contributed by atoms with E-state index >= 15 is 0 Å². The summed E-state index contributed by atoms with van der Waals surface area (Å²) in [6, 6.07) is 9.34. The Morgan fingerprint density at radius 3 is 2.50 bits per heavy atom. The van der Waals surface area contributed by atoms with Crippen LogP contribution < -0.4 is 4.72 Å². The van der Waals surface area contributed by atoms with Gasteiger partial charge in [-0.1, -0.05) is 12.1 Å². The van der Waals surface area contributed by atoms with Gasteiger partial charge in [0.1, 0.15) is 5.82 Å². The summed E-state index contributed by atoms with van der Waals surface area (Å²) in [6.45, 7) is 1.25. The van der Waals surface area contributed by atoms with E-state index in [9.17, 15) is 30.8 Å². The number of nitrogens with zero attached hydrogens (tertiary/aromatic N) is 2. The second-order valence-corrected chi connectivity index (χ2v) is 9.32. The van der Waals surface area contributed by atoms with Gasteiger partial charge in [0.25, 0.3) is 15.9 Å². The van der Waals surface area contributed by atoms with Crippen molar-refractivity contribution in [2.45, 2.75) is 24.4 Å². The lowest BCUT2D eigenvalue weighted by Crippen LogP contribution is -2.38. The van der Waals surface area contributed by atoms with Crippen molar-refractivity contribution >= 4 is 21.6 Å². The molecule has 2 aromatic carbocycles. The molecule has 0 saturated carbocycles. The molecular formula is C21H23F4N3O3S. The molecule has 1 N–H and O–H groups in total. The lowest BCUT2D eigenvalue weighted by molar-refractivity contribution is -0.145. The van der Waals surface area contributed by atoms with Gasteiger partial charge in [-0.25, -0.2) is 12.8 Å². The van der Waals surface area contributed by atoms with Gasteiger partial charge in [-0.05, 0) is 49.2 Å². The van der Waals surface area contributed by atoms with Gasteiger partial charge >= 0.3 is 6.18 Å². The molecule has 0 spiro atoms. The monoisotopic (exact) mass is 473 g/mol. The molecule has 0 bridgehead atoms. The van der Waals surface area contributed by atoms with Crippen molar-refractivity contribution in [1.82, 2.24) is 9.80 Å². The average Bonchev–Trinajstić information content (AvgIpc) is 2.93. The Kier molecular flexibility index (Phi) is 7.09. The molecule has 0 aromatic heterocycles. The molecule has 0 atom stereocenters. The summed E-state index contributed by atoms with van der Waals surface area (Å²) < 4.78 is 79.2. The van der Waals surface area contributed by atoms with Crippen molar-refractivity contribution in [1.29, 1.82) is 0 Å². The molecule has 174 valence electrons. The molecule has 1 saturated heterocycles. The molecule has 0 unspecified atom stereocenters. The van der Waals surface area contributed by atoms with Crippen LogP contribution in [0.4, 0.5) is 23.2 Å². The van der Waals surface area contributed by atoms with E-state index in [0.717, 1.165) is 6.07 Å². The molecule has 0 aliphatic carbocycles. The third-order valence-electron chi connectivity index (χ3n) is 5.09. The number of rotatable bonds is 5. The van der Waals surface area contributed by atoms with E-state index in [2.05, 4.69) is 4.72 Å². The zero-order chi connectivity index (χ0) is 23.5. The zero-order valence-corrected chi connectivity index (χ0v) is 18.1. The van der Waals surface area contributed by atoms with Gasteiger partial charge in [0.2, 0.25) is 0 Å². The molecule has 1 aliphatic heterocycles. The molecule has 11 heteroatoms. The number of benzene rings is 2. The number of anilines is 1. The molecule has 1 fully saturated rings. The van der Waals surface area contributed by atoms with Gasteiger partial charge in [0, 0.05) is 37.4 Å². The minimum Gasteiger partial charge on any atom is -0.337 e. The Balaban J connectivity index is 1.71. The third-order valence-corrected chi connectivity index (χ3v) is 6.47. The van der Waals surface area contributed by atoms with Crippen molar-refractivity contribution in [3.05, 3.63) is 59.4 Å². The lowest BCUT2D eigenvalue weighted by atomic mass is 10.1. The van der Waals surface area contributed by atoms with E-state index in [0.29, 0.717) is 18.5 Å². The number of hydrogen-bond donors (Lipinski definition) is 1. The predicted molar refractivity (Wildman–Crippen MR) is 111 cm³/mol. The minimum atomic E-state index is -4.30. The fraction of sp³-hybridized carbons (Fsp3) is 0.381. The van der Waals surface area contributed by atoms with Crippen molar-refractivity contribution in [3.63, 3.8) is 0 Å². The highest BCUT2D eigenvalue weighted by atomic mass is 32.2. The van der Waals surface area contributed by atoms with Crippen molar-refractivity contribution in [2.75, 3.05) is 37.4 Å². The molecule has 1 amide bonds. The summed E-state index contributed by atoms with van der Waals surface area (Å²) in [5.74, 6) is -1.06. The van der Waals surface area contributed by atoms with Crippen LogP contribution in [-0.2, 0) is 10.0 Å². The van der Waals surface area contributed by atoms with Gasteiger partial charge in [0.05, 0.1) is 11.4 Å². The van der Waals surface area contributed by atoms with Crippen LogP contribution in [0.15, 0.2) is 47.4 Å². The maximum absolute atomic E-state index is 13.8. The first-order valence-electron chi connectivity index (χ1n) is 9.92. The van der Waals surface area contributed by atoms with E-state index in [1.54, 1.807) is 0 Å². The van der Waals surface area contributed by atoms with Crippen LogP contribution in [0.1, 0.15) is 22.3 Å². The van der Waals surface area contributed by atoms with Crippen LogP contribution in [0, 0.1) is 12.7 Å². The second-order valence-electron chi connectivity index (χ2n) is 7.63. The smallest absolute Gasteiger partial charge is 0.337 e. The number of sulfonamides is 1. The van der Waals surface area contributed by atoms with Crippen LogP contribution in [-0.4, -0.2) is 63.0 Å². The fourth-order valence-electron chi connectivity index (χ4n) is 3.44. The van der Waals surface area contributed by atoms with E-state index < -0.39 is 34.5 Å².